The highest BCUT2D eigenvalue weighted by molar-refractivity contribution is 7.09. The highest BCUT2D eigenvalue weighted by Gasteiger charge is 2.11. The predicted molar refractivity (Wildman–Crippen MR) is 90.0 cm³/mol. The van der Waals surface area contributed by atoms with Crippen LogP contribution in [0.3, 0.4) is 0 Å². The second kappa shape index (κ2) is 5.81. The van der Waals surface area contributed by atoms with E-state index in [2.05, 4.69) is 21.5 Å². The van der Waals surface area contributed by atoms with Crippen molar-refractivity contribution in [2.24, 2.45) is 0 Å². The largest absolute Gasteiger partial charge is 0.364 e. The number of nitrogens with zero attached hydrogens (tertiary/aromatic N) is 3. The van der Waals surface area contributed by atoms with E-state index in [0.717, 1.165) is 5.82 Å². The molecule has 0 unspecified atom stereocenters. The summed E-state index contributed by atoms with van der Waals surface area (Å²) in [5.41, 5.74) is 1.81. The summed E-state index contributed by atoms with van der Waals surface area (Å²) in [5.74, 6) is 0.439. The van der Waals surface area contributed by atoms with Crippen molar-refractivity contribution in [1.82, 2.24) is 14.6 Å². The van der Waals surface area contributed by atoms with E-state index in [-0.39, 0.29) is 5.82 Å². The van der Waals surface area contributed by atoms with Crippen LogP contribution in [0.2, 0.25) is 0 Å². The lowest BCUT2D eigenvalue weighted by Crippen LogP contribution is -2.04. The van der Waals surface area contributed by atoms with Crippen molar-refractivity contribution in [2.75, 3.05) is 5.32 Å². The van der Waals surface area contributed by atoms with Gasteiger partial charge in [0.15, 0.2) is 5.65 Å². The minimum absolute atomic E-state index is 0.284. The molecule has 6 heteroatoms. The minimum Gasteiger partial charge on any atom is -0.364 e. The molecular weight excluding hydrogens is 311 g/mol. The first-order valence-corrected chi connectivity index (χ1v) is 8.05. The summed E-state index contributed by atoms with van der Waals surface area (Å²) in [4.78, 5) is 5.52. The fraction of sp³-hybridized carbons (Fsp3) is 0.0588. The van der Waals surface area contributed by atoms with E-state index in [9.17, 15) is 4.39 Å². The van der Waals surface area contributed by atoms with Crippen molar-refractivity contribution >= 4 is 22.8 Å². The molecule has 1 aromatic carbocycles. The zero-order chi connectivity index (χ0) is 15.6. The number of aromatic nitrogens is 3. The van der Waals surface area contributed by atoms with Gasteiger partial charge in [-0.1, -0.05) is 18.2 Å². The third-order valence-corrected chi connectivity index (χ3v) is 4.41. The summed E-state index contributed by atoms with van der Waals surface area (Å²) in [6.45, 7) is 0.708. The molecule has 0 spiro atoms. The van der Waals surface area contributed by atoms with Gasteiger partial charge in [0.25, 0.3) is 0 Å². The van der Waals surface area contributed by atoms with Gasteiger partial charge in [0.05, 0.1) is 18.4 Å². The monoisotopic (exact) mass is 324 g/mol. The summed E-state index contributed by atoms with van der Waals surface area (Å²) in [6.07, 6.45) is 1.64. The first-order chi connectivity index (χ1) is 11.3. The number of anilines is 1. The smallest absolute Gasteiger partial charge is 0.154 e. The molecule has 0 fully saturated rings. The lowest BCUT2D eigenvalue weighted by Gasteiger charge is -2.06. The molecule has 0 saturated carbocycles. The highest BCUT2D eigenvalue weighted by Crippen LogP contribution is 2.23. The average molecular weight is 324 g/mol. The summed E-state index contributed by atoms with van der Waals surface area (Å²) in [7, 11) is 0. The topological polar surface area (TPSA) is 42.2 Å². The van der Waals surface area contributed by atoms with Gasteiger partial charge in [-0.05, 0) is 35.7 Å². The molecule has 23 heavy (non-hydrogen) atoms. The summed E-state index contributed by atoms with van der Waals surface area (Å²) in [6, 6.07) is 14.5. The Kier molecular flexibility index (Phi) is 3.51. The Morgan fingerprint density at radius 3 is 2.83 bits per heavy atom. The van der Waals surface area contributed by atoms with E-state index < -0.39 is 0 Å². The molecule has 0 amide bonds. The zero-order valence-corrected chi connectivity index (χ0v) is 12.9. The molecule has 4 rings (SSSR count). The Morgan fingerprint density at radius 2 is 2.00 bits per heavy atom. The molecule has 0 aliphatic rings. The van der Waals surface area contributed by atoms with Crippen LogP contribution in [0.1, 0.15) is 4.88 Å². The molecule has 1 N–H and O–H groups in total. The quantitative estimate of drug-likeness (QED) is 0.611. The van der Waals surface area contributed by atoms with Crippen molar-refractivity contribution in [3.63, 3.8) is 0 Å². The Labute approximate surface area is 136 Å². The summed E-state index contributed by atoms with van der Waals surface area (Å²) >= 11 is 1.69. The Balaban J connectivity index is 1.70. The van der Waals surface area contributed by atoms with Gasteiger partial charge in [-0.15, -0.1) is 16.4 Å². The van der Waals surface area contributed by atoms with E-state index in [0.29, 0.717) is 23.4 Å². The molecule has 3 aromatic heterocycles. The molecule has 114 valence electrons. The molecular formula is C17H13FN4S. The number of fused-ring (bicyclic) bond motifs is 1. The van der Waals surface area contributed by atoms with E-state index in [1.807, 2.05) is 23.6 Å². The summed E-state index contributed by atoms with van der Waals surface area (Å²) < 4.78 is 15.7. The number of rotatable bonds is 4. The van der Waals surface area contributed by atoms with Crippen LogP contribution in [-0.2, 0) is 6.54 Å². The molecule has 4 aromatic rings. The van der Waals surface area contributed by atoms with Gasteiger partial charge in [0, 0.05) is 10.4 Å². The van der Waals surface area contributed by atoms with Crippen LogP contribution in [0.4, 0.5) is 10.2 Å². The van der Waals surface area contributed by atoms with Crippen LogP contribution < -0.4 is 5.32 Å². The van der Waals surface area contributed by atoms with Gasteiger partial charge < -0.3 is 5.32 Å². The van der Waals surface area contributed by atoms with E-state index in [1.165, 1.54) is 10.9 Å². The number of halogens is 1. The third-order valence-electron chi connectivity index (χ3n) is 3.54. The van der Waals surface area contributed by atoms with Gasteiger partial charge in [-0.25, -0.2) is 13.9 Å². The van der Waals surface area contributed by atoms with Gasteiger partial charge in [-0.3, -0.25) is 0 Å². The normalized spacial score (nSPS) is 11.0. The minimum atomic E-state index is -0.284. The third kappa shape index (κ3) is 2.68. The summed E-state index contributed by atoms with van der Waals surface area (Å²) in [5, 5.41) is 9.85. The van der Waals surface area contributed by atoms with Crippen LogP contribution in [0.25, 0.3) is 16.9 Å². The molecule has 0 radical (unpaired) electrons. The van der Waals surface area contributed by atoms with Crippen molar-refractivity contribution in [3.8, 4) is 11.3 Å². The Hall–Kier alpha value is -2.73. The predicted octanol–water partition coefficient (Wildman–Crippen LogP) is 4.21. The number of hydrogen-bond donors (Lipinski definition) is 1. The SMILES string of the molecule is Fc1ccccc1-c1cnc2ccc(NCc3cccs3)nn12. The first kappa shape index (κ1) is 13.9. The zero-order valence-electron chi connectivity index (χ0n) is 12.1. The Morgan fingerprint density at radius 1 is 1.09 bits per heavy atom. The maximum Gasteiger partial charge on any atom is 0.154 e. The van der Waals surface area contributed by atoms with Crippen LogP contribution >= 0.6 is 11.3 Å². The second-order valence-corrected chi connectivity index (χ2v) is 6.08. The fourth-order valence-corrected chi connectivity index (χ4v) is 3.06. The number of benzene rings is 1. The number of nitrogens with one attached hydrogen (secondary N) is 1. The number of thiophene rings is 1. The molecule has 0 atom stereocenters. The highest BCUT2D eigenvalue weighted by atomic mass is 32.1. The van der Waals surface area contributed by atoms with Crippen LogP contribution in [0.5, 0.6) is 0 Å². The second-order valence-electron chi connectivity index (χ2n) is 5.04. The van der Waals surface area contributed by atoms with E-state index >= 15 is 0 Å². The number of hydrogen-bond acceptors (Lipinski definition) is 4. The molecule has 0 aliphatic heterocycles. The standard InChI is InChI=1S/C17H13FN4S/c18-14-6-2-1-5-13(14)15-11-20-17-8-7-16(21-22(15)17)19-10-12-4-3-9-23-12/h1-9,11H,10H2,(H,19,21). The molecule has 0 aliphatic carbocycles. The van der Waals surface area contributed by atoms with E-state index in [1.54, 1.807) is 40.2 Å². The molecule has 3 heterocycles. The van der Waals surface area contributed by atoms with Crippen molar-refractivity contribution in [3.05, 3.63) is 70.8 Å². The lowest BCUT2D eigenvalue weighted by molar-refractivity contribution is 0.630. The van der Waals surface area contributed by atoms with Crippen molar-refractivity contribution in [2.45, 2.75) is 6.54 Å². The van der Waals surface area contributed by atoms with Gasteiger partial charge in [0.1, 0.15) is 11.6 Å². The lowest BCUT2D eigenvalue weighted by atomic mass is 10.1. The maximum absolute atomic E-state index is 14.0. The fourth-order valence-electron chi connectivity index (χ4n) is 2.41. The Bertz CT molecular complexity index is 946. The first-order valence-electron chi connectivity index (χ1n) is 7.17. The van der Waals surface area contributed by atoms with E-state index in [4.69, 9.17) is 0 Å². The number of imidazole rings is 1. The molecule has 0 saturated heterocycles. The average Bonchev–Trinajstić information content (AvgIpc) is 3.23. The van der Waals surface area contributed by atoms with Gasteiger partial charge >= 0.3 is 0 Å². The van der Waals surface area contributed by atoms with Crippen LogP contribution in [0, 0.1) is 5.82 Å². The van der Waals surface area contributed by atoms with Crippen molar-refractivity contribution in [1.29, 1.82) is 0 Å². The van der Waals surface area contributed by atoms with Gasteiger partial charge in [-0.2, -0.15) is 0 Å². The molecule has 0 bridgehead atoms. The van der Waals surface area contributed by atoms with Crippen LogP contribution in [0.15, 0.2) is 60.1 Å². The van der Waals surface area contributed by atoms with Gasteiger partial charge in [0.2, 0.25) is 0 Å². The van der Waals surface area contributed by atoms with Crippen molar-refractivity contribution < 1.29 is 4.39 Å². The maximum atomic E-state index is 14.0. The van der Waals surface area contributed by atoms with Crippen LogP contribution in [-0.4, -0.2) is 14.6 Å². The molecule has 4 nitrogen and oxygen atoms in total.